The van der Waals surface area contributed by atoms with Gasteiger partial charge in [-0.15, -0.1) is 11.3 Å². The molecule has 0 unspecified atom stereocenters. The summed E-state index contributed by atoms with van der Waals surface area (Å²) in [4.78, 5) is 1.48. The van der Waals surface area contributed by atoms with Crippen molar-refractivity contribution in [1.82, 2.24) is 10.0 Å². The van der Waals surface area contributed by atoms with E-state index in [0.717, 1.165) is 11.4 Å². The van der Waals surface area contributed by atoms with Gasteiger partial charge >= 0.3 is 0 Å². The quantitative estimate of drug-likeness (QED) is 0.809. The molecular weight excluding hydrogens is 280 g/mol. The Kier molecular flexibility index (Phi) is 3.68. The SMILES string of the molecule is CNCc1cc(S(=O)(=O)NC(C2CC2)C2CC2)cs1. The second-order valence-corrected chi connectivity index (χ2v) is 8.31. The number of rotatable bonds is 7. The van der Waals surface area contributed by atoms with E-state index in [2.05, 4.69) is 10.0 Å². The summed E-state index contributed by atoms with van der Waals surface area (Å²) in [5, 5.41) is 4.78. The van der Waals surface area contributed by atoms with E-state index in [0.29, 0.717) is 16.7 Å². The molecule has 0 radical (unpaired) electrons. The summed E-state index contributed by atoms with van der Waals surface area (Å²) in [6.07, 6.45) is 4.72. The van der Waals surface area contributed by atoms with Gasteiger partial charge < -0.3 is 5.32 Å². The molecule has 1 heterocycles. The van der Waals surface area contributed by atoms with Crippen LogP contribution in [0.25, 0.3) is 0 Å². The van der Waals surface area contributed by atoms with E-state index < -0.39 is 10.0 Å². The summed E-state index contributed by atoms with van der Waals surface area (Å²) >= 11 is 1.49. The Morgan fingerprint density at radius 1 is 1.32 bits per heavy atom. The van der Waals surface area contributed by atoms with Crippen LogP contribution in [0, 0.1) is 11.8 Å². The molecule has 106 valence electrons. The number of hydrogen-bond acceptors (Lipinski definition) is 4. The van der Waals surface area contributed by atoms with E-state index in [1.807, 2.05) is 7.05 Å². The molecule has 1 aromatic heterocycles. The first-order valence-corrected chi connectivity index (χ1v) is 9.21. The zero-order valence-corrected chi connectivity index (χ0v) is 12.7. The van der Waals surface area contributed by atoms with E-state index >= 15 is 0 Å². The van der Waals surface area contributed by atoms with Crippen LogP contribution in [0.3, 0.4) is 0 Å². The lowest BCUT2D eigenvalue weighted by atomic mass is 10.1. The highest BCUT2D eigenvalue weighted by Crippen LogP contribution is 2.45. The second kappa shape index (κ2) is 5.16. The van der Waals surface area contributed by atoms with Gasteiger partial charge in [0.15, 0.2) is 0 Å². The van der Waals surface area contributed by atoms with Crippen molar-refractivity contribution in [2.45, 2.75) is 43.2 Å². The Balaban J connectivity index is 1.73. The molecule has 0 amide bonds. The van der Waals surface area contributed by atoms with Gasteiger partial charge in [0.25, 0.3) is 0 Å². The minimum Gasteiger partial charge on any atom is -0.315 e. The Labute approximate surface area is 118 Å². The van der Waals surface area contributed by atoms with Crippen molar-refractivity contribution in [2.24, 2.45) is 11.8 Å². The fraction of sp³-hybridized carbons (Fsp3) is 0.692. The molecule has 3 rings (SSSR count). The summed E-state index contributed by atoms with van der Waals surface area (Å²) in [5.41, 5.74) is 0. The maximum absolute atomic E-state index is 12.4. The summed E-state index contributed by atoms with van der Waals surface area (Å²) < 4.78 is 27.7. The van der Waals surface area contributed by atoms with Crippen molar-refractivity contribution in [3.8, 4) is 0 Å². The highest BCUT2D eigenvalue weighted by Gasteiger charge is 2.43. The smallest absolute Gasteiger partial charge is 0.241 e. The molecule has 6 heteroatoms. The molecule has 2 saturated carbocycles. The monoisotopic (exact) mass is 300 g/mol. The third-order valence-corrected chi connectivity index (χ3v) is 6.37. The van der Waals surface area contributed by atoms with Crippen molar-refractivity contribution in [2.75, 3.05) is 7.05 Å². The van der Waals surface area contributed by atoms with Gasteiger partial charge in [-0.1, -0.05) is 0 Å². The molecule has 0 aliphatic heterocycles. The van der Waals surface area contributed by atoms with Crippen LogP contribution in [-0.2, 0) is 16.6 Å². The van der Waals surface area contributed by atoms with Crippen LogP contribution in [0.15, 0.2) is 16.3 Å². The molecule has 2 N–H and O–H groups in total. The average Bonchev–Trinajstić information content (AvgIpc) is 3.27. The Bertz CT molecular complexity index is 533. The molecule has 0 bridgehead atoms. The third kappa shape index (κ3) is 3.18. The lowest BCUT2D eigenvalue weighted by molar-refractivity contribution is 0.471. The van der Waals surface area contributed by atoms with E-state index in [1.54, 1.807) is 11.4 Å². The molecule has 4 nitrogen and oxygen atoms in total. The molecular formula is C13H20N2O2S2. The number of nitrogens with one attached hydrogen (secondary N) is 2. The number of hydrogen-bond donors (Lipinski definition) is 2. The zero-order valence-electron chi connectivity index (χ0n) is 11.1. The van der Waals surface area contributed by atoms with Gasteiger partial charge in [-0.3, -0.25) is 0 Å². The topological polar surface area (TPSA) is 58.2 Å². The molecule has 0 aromatic carbocycles. The van der Waals surface area contributed by atoms with Crippen LogP contribution >= 0.6 is 11.3 Å². The third-order valence-electron chi connectivity index (χ3n) is 3.84. The second-order valence-electron chi connectivity index (χ2n) is 5.60. The van der Waals surface area contributed by atoms with Gasteiger partial charge in [-0.05, 0) is 50.6 Å². The van der Waals surface area contributed by atoms with Crippen LogP contribution in [0.4, 0.5) is 0 Å². The number of sulfonamides is 1. The first-order chi connectivity index (χ1) is 9.10. The highest BCUT2D eigenvalue weighted by molar-refractivity contribution is 7.89. The lowest BCUT2D eigenvalue weighted by Gasteiger charge is -2.17. The summed E-state index contributed by atoms with van der Waals surface area (Å²) in [7, 11) is -1.47. The van der Waals surface area contributed by atoms with Crippen molar-refractivity contribution in [3.05, 3.63) is 16.3 Å². The van der Waals surface area contributed by atoms with Crippen LogP contribution in [0.2, 0.25) is 0 Å². The maximum Gasteiger partial charge on any atom is 0.241 e. The molecule has 0 spiro atoms. The van der Waals surface area contributed by atoms with Crippen LogP contribution in [-0.4, -0.2) is 21.5 Å². The highest BCUT2D eigenvalue weighted by atomic mass is 32.2. The zero-order chi connectivity index (χ0) is 13.5. The predicted molar refractivity (Wildman–Crippen MR) is 76.6 cm³/mol. The van der Waals surface area contributed by atoms with E-state index in [9.17, 15) is 8.42 Å². The summed E-state index contributed by atoms with van der Waals surface area (Å²) in [6, 6.07) is 1.96. The average molecular weight is 300 g/mol. The fourth-order valence-electron chi connectivity index (χ4n) is 2.50. The molecule has 19 heavy (non-hydrogen) atoms. The first-order valence-electron chi connectivity index (χ1n) is 6.84. The molecule has 0 saturated heterocycles. The van der Waals surface area contributed by atoms with Crippen molar-refractivity contribution >= 4 is 21.4 Å². The van der Waals surface area contributed by atoms with Gasteiger partial charge in [-0.2, -0.15) is 0 Å². The predicted octanol–water partition coefficient (Wildman–Crippen LogP) is 1.93. The van der Waals surface area contributed by atoms with Crippen LogP contribution in [0.1, 0.15) is 30.6 Å². The van der Waals surface area contributed by atoms with E-state index in [4.69, 9.17) is 0 Å². The lowest BCUT2D eigenvalue weighted by Crippen LogP contribution is -2.37. The van der Waals surface area contributed by atoms with Gasteiger partial charge in [0.1, 0.15) is 0 Å². The molecule has 1 aromatic rings. The Morgan fingerprint density at radius 3 is 2.47 bits per heavy atom. The largest absolute Gasteiger partial charge is 0.315 e. The standard InChI is InChI=1S/C13H20N2O2S2/c1-14-7-11-6-12(8-18-11)19(16,17)15-13(9-2-3-9)10-4-5-10/h6,8-10,13-15H,2-5,7H2,1H3. The van der Waals surface area contributed by atoms with Crippen LogP contribution < -0.4 is 10.0 Å². The van der Waals surface area contributed by atoms with Gasteiger partial charge in [-0.25, -0.2) is 13.1 Å². The maximum atomic E-state index is 12.4. The van der Waals surface area contributed by atoms with E-state index in [-0.39, 0.29) is 6.04 Å². The molecule has 2 fully saturated rings. The van der Waals surface area contributed by atoms with Gasteiger partial charge in [0.2, 0.25) is 10.0 Å². The minimum atomic E-state index is -3.33. The normalized spacial score (nSPS) is 20.1. The van der Waals surface area contributed by atoms with Crippen molar-refractivity contribution in [3.63, 3.8) is 0 Å². The van der Waals surface area contributed by atoms with Gasteiger partial charge in [0, 0.05) is 22.8 Å². The Morgan fingerprint density at radius 2 is 1.95 bits per heavy atom. The molecule has 2 aliphatic carbocycles. The van der Waals surface area contributed by atoms with Crippen molar-refractivity contribution in [1.29, 1.82) is 0 Å². The van der Waals surface area contributed by atoms with Crippen LogP contribution in [0.5, 0.6) is 0 Å². The van der Waals surface area contributed by atoms with Crippen molar-refractivity contribution < 1.29 is 8.42 Å². The number of thiophene rings is 1. The molecule has 2 aliphatic rings. The Hall–Kier alpha value is -0.430. The van der Waals surface area contributed by atoms with Gasteiger partial charge in [0.05, 0.1) is 4.90 Å². The minimum absolute atomic E-state index is 0.178. The summed E-state index contributed by atoms with van der Waals surface area (Å²) in [6.45, 7) is 0.717. The van der Waals surface area contributed by atoms with E-state index in [1.165, 1.54) is 37.0 Å². The fourth-order valence-corrected chi connectivity index (χ4v) is 5.16. The first kappa shape index (κ1) is 13.5. The summed E-state index contributed by atoms with van der Waals surface area (Å²) in [5.74, 6) is 1.16. The molecule has 0 atom stereocenters.